The smallest absolute Gasteiger partial charge is 0.322 e. The third-order valence-corrected chi connectivity index (χ3v) is 31.0. The molecule has 4 atom stereocenters. The molecule has 4 saturated heterocycles. The fraction of sp³-hybridized carbons (Fsp3) is 0.696. The minimum Gasteiger partial charge on any atom is -0.480 e. The molecule has 0 unspecified atom stereocenters. The number of aryl methyl sites for hydroxylation is 4. The molecule has 0 saturated carbocycles. The van der Waals surface area contributed by atoms with E-state index in [0.717, 1.165) is 90.8 Å². The van der Waals surface area contributed by atoms with Crippen LogP contribution in [0.2, 0.25) is 0 Å². The fourth-order valence-electron chi connectivity index (χ4n) is 16.2. The number of carboxylic acids is 4. The van der Waals surface area contributed by atoms with Crippen LogP contribution in [0.3, 0.4) is 0 Å². The molecule has 20 nitrogen and oxygen atoms in total. The Bertz CT molecular complexity index is 3380. The molecular formula is C92H148N4O16Rh2S4. The van der Waals surface area contributed by atoms with Crippen molar-refractivity contribution in [2.45, 2.75) is 405 Å². The first-order valence-corrected chi connectivity index (χ1v) is 51.0. The standard InChI is InChI=1S/4C23H37NO4S.2Rh/c4*1-2-3-4-5-6-7-8-9-10-11-13-20-15-17-21(18-16-20)29(27,28)24-19-12-14-22(24)23(25)26;;/h4*15-18,22H,2-14,19H2,1H3,(H,25,26);;/t4*22-;;/m1111../s1. The number of carbonyl (C=O) groups is 4. The first-order chi connectivity index (χ1) is 55.9. The summed E-state index contributed by atoms with van der Waals surface area (Å²) < 4.78 is 107. The van der Waals surface area contributed by atoms with E-state index in [0.29, 0.717) is 51.4 Å². The van der Waals surface area contributed by atoms with Crippen LogP contribution in [0.1, 0.15) is 358 Å². The summed E-state index contributed by atoms with van der Waals surface area (Å²) in [5.74, 6) is -4.26. The maximum absolute atomic E-state index is 12.8. The summed E-state index contributed by atoms with van der Waals surface area (Å²) in [6.45, 7) is 10.1. The van der Waals surface area contributed by atoms with Gasteiger partial charge in [0.05, 0.1) is 19.6 Å². The Balaban J connectivity index is 0.000000404. The van der Waals surface area contributed by atoms with Crippen molar-refractivity contribution in [2.75, 3.05) is 26.2 Å². The molecule has 4 N–H and O–H groups in total. The van der Waals surface area contributed by atoms with Crippen LogP contribution in [0.15, 0.2) is 117 Å². The molecule has 2 radical (unpaired) electrons. The predicted molar refractivity (Wildman–Crippen MR) is 466 cm³/mol. The number of carboxylic acid groups (broad SMARTS) is 4. The minimum absolute atomic E-state index is 0. The second-order valence-corrected chi connectivity index (χ2v) is 40.3. The molecule has 4 aliphatic heterocycles. The van der Waals surface area contributed by atoms with Gasteiger partial charge in [-0.2, -0.15) is 17.2 Å². The van der Waals surface area contributed by atoms with Crippen molar-refractivity contribution in [1.82, 2.24) is 17.2 Å². The van der Waals surface area contributed by atoms with Gasteiger partial charge in [-0.1, -0.05) is 307 Å². The maximum atomic E-state index is 12.8. The zero-order chi connectivity index (χ0) is 84.5. The van der Waals surface area contributed by atoms with E-state index in [2.05, 4.69) is 27.7 Å². The second kappa shape index (κ2) is 61.1. The molecule has 4 heterocycles. The molecule has 0 aliphatic carbocycles. The molecule has 26 heteroatoms. The van der Waals surface area contributed by atoms with Crippen LogP contribution in [-0.2, 0) is 124 Å². The van der Waals surface area contributed by atoms with Gasteiger partial charge in [-0.25, -0.2) is 33.7 Å². The van der Waals surface area contributed by atoms with E-state index in [1.54, 1.807) is 48.5 Å². The zero-order valence-corrected chi connectivity index (χ0v) is 78.5. The largest absolute Gasteiger partial charge is 0.480 e. The summed E-state index contributed by atoms with van der Waals surface area (Å²) in [6, 6.07) is 24.2. The van der Waals surface area contributed by atoms with E-state index in [9.17, 15) is 73.3 Å². The number of aliphatic carboxylic acids is 4. The molecular weight excluding hydrogens is 1750 g/mol. The molecule has 0 aromatic heterocycles. The van der Waals surface area contributed by atoms with Crippen LogP contribution in [-0.4, -0.2) is 146 Å². The van der Waals surface area contributed by atoms with Gasteiger partial charge in [0.25, 0.3) is 0 Å². The summed E-state index contributed by atoms with van der Waals surface area (Å²) >= 11 is 0. The van der Waals surface area contributed by atoms with Crippen molar-refractivity contribution in [3.05, 3.63) is 119 Å². The van der Waals surface area contributed by atoms with Crippen molar-refractivity contribution < 1.29 is 112 Å². The van der Waals surface area contributed by atoms with Crippen LogP contribution in [0.4, 0.5) is 0 Å². The number of hydrogen-bond acceptors (Lipinski definition) is 12. The molecule has 118 heavy (non-hydrogen) atoms. The summed E-state index contributed by atoms with van der Waals surface area (Å²) in [6.07, 6.45) is 59.7. The fourth-order valence-corrected chi connectivity index (χ4v) is 22.8. The molecule has 4 aromatic carbocycles. The third-order valence-electron chi connectivity index (χ3n) is 23.4. The van der Waals surface area contributed by atoms with E-state index in [1.165, 1.54) is 231 Å². The van der Waals surface area contributed by atoms with Crippen LogP contribution in [0, 0.1) is 0 Å². The van der Waals surface area contributed by atoms with Crippen molar-refractivity contribution in [2.24, 2.45) is 0 Å². The quantitative estimate of drug-likeness (QED) is 0.0236. The van der Waals surface area contributed by atoms with Crippen molar-refractivity contribution >= 4 is 64.0 Å². The Morgan fingerprint density at radius 3 is 0.517 bits per heavy atom. The molecule has 4 aromatic rings. The normalized spacial score (nSPS) is 17.3. The van der Waals surface area contributed by atoms with E-state index < -0.39 is 88.1 Å². The van der Waals surface area contributed by atoms with Gasteiger partial charge in [0.15, 0.2) is 0 Å². The average molecular weight is 1900 g/mol. The summed E-state index contributed by atoms with van der Waals surface area (Å²) in [4.78, 5) is 46.0. The molecule has 8 rings (SSSR count). The second-order valence-electron chi connectivity index (χ2n) is 32.8. The topological polar surface area (TPSA) is 299 Å². The molecule has 674 valence electrons. The number of nitrogens with zero attached hydrogens (tertiary/aromatic N) is 4. The van der Waals surface area contributed by atoms with Gasteiger partial charge in [0.2, 0.25) is 40.1 Å². The average Bonchev–Trinajstić information content (AvgIpc) is 1.57. The van der Waals surface area contributed by atoms with Gasteiger partial charge in [-0.15, -0.1) is 0 Å². The van der Waals surface area contributed by atoms with Gasteiger partial charge in [0.1, 0.15) is 24.2 Å². The van der Waals surface area contributed by atoms with Gasteiger partial charge >= 0.3 is 23.9 Å². The van der Waals surface area contributed by atoms with Gasteiger partial charge in [0, 0.05) is 65.1 Å². The Hall–Kier alpha value is -4.35. The van der Waals surface area contributed by atoms with Crippen molar-refractivity contribution in [3.63, 3.8) is 0 Å². The number of rotatable bonds is 56. The number of benzene rings is 4. The third kappa shape index (κ3) is 38.8. The summed E-state index contributed by atoms with van der Waals surface area (Å²) in [5.41, 5.74) is 4.55. The van der Waals surface area contributed by atoms with Gasteiger partial charge < -0.3 is 20.4 Å². The first kappa shape index (κ1) is 108. The first-order valence-electron chi connectivity index (χ1n) is 45.2. The van der Waals surface area contributed by atoms with Gasteiger partial charge in [-0.05, 0) is 174 Å². The van der Waals surface area contributed by atoms with E-state index in [4.69, 9.17) is 0 Å². The van der Waals surface area contributed by atoms with Crippen molar-refractivity contribution in [1.29, 1.82) is 0 Å². The van der Waals surface area contributed by atoms with E-state index >= 15 is 0 Å². The minimum atomic E-state index is -3.74. The van der Waals surface area contributed by atoms with Crippen LogP contribution in [0.25, 0.3) is 0 Å². The number of unbranched alkanes of at least 4 members (excludes halogenated alkanes) is 36. The van der Waals surface area contributed by atoms with Crippen LogP contribution >= 0.6 is 0 Å². The SMILES string of the molecule is CCCCCCCCCCCCc1ccc(S(=O)(=O)N2CCC[C@@H]2C(=O)O)cc1.CCCCCCCCCCCCc1ccc(S(=O)(=O)N2CCC[C@@H]2C(=O)O)cc1.CCCCCCCCCCCCc1ccc(S(=O)(=O)N2CCC[C@@H]2C(=O)O)cc1.CCCCCCCCCCCCc1ccc(S(=O)(=O)N2CCC[C@@H]2C(=O)O)cc1.[Rh].[Rh]. The Morgan fingerprint density at radius 2 is 0.381 bits per heavy atom. The molecule has 4 aliphatic rings. The van der Waals surface area contributed by atoms with Crippen LogP contribution < -0.4 is 0 Å². The monoisotopic (exact) mass is 1900 g/mol. The Kier molecular flexibility index (Phi) is 55.8. The Labute approximate surface area is 738 Å². The zero-order valence-electron chi connectivity index (χ0n) is 71.9. The predicted octanol–water partition coefficient (Wildman–Crippen LogP) is 21.5. The molecule has 4 fully saturated rings. The molecule has 0 spiro atoms. The van der Waals surface area contributed by atoms with E-state index in [-0.39, 0.29) is 84.7 Å². The van der Waals surface area contributed by atoms with E-state index in [1.807, 2.05) is 48.5 Å². The molecule has 0 amide bonds. The van der Waals surface area contributed by atoms with Gasteiger partial charge in [-0.3, -0.25) is 19.2 Å². The maximum Gasteiger partial charge on any atom is 0.322 e. The summed E-state index contributed by atoms with van der Waals surface area (Å²) in [7, 11) is -15.0. The number of hydrogen-bond donors (Lipinski definition) is 4. The summed E-state index contributed by atoms with van der Waals surface area (Å²) in [5, 5.41) is 37.0. The Morgan fingerprint density at radius 1 is 0.246 bits per heavy atom. The van der Waals surface area contributed by atoms with Crippen molar-refractivity contribution in [3.8, 4) is 0 Å². The van der Waals surface area contributed by atoms with Crippen LogP contribution in [0.5, 0.6) is 0 Å². The number of sulfonamides is 4. The molecule has 0 bridgehead atoms.